The lowest BCUT2D eigenvalue weighted by molar-refractivity contribution is -0.118. The van der Waals surface area contributed by atoms with E-state index in [0.29, 0.717) is 12.1 Å². The molecule has 2 aromatic carbocycles. The van der Waals surface area contributed by atoms with Crippen molar-refractivity contribution in [1.29, 1.82) is 5.26 Å². The average molecular weight is 559 g/mol. The number of nitrogens with one attached hydrogen (secondary N) is 3. The van der Waals surface area contributed by atoms with Crippen LogP contribution in [-0.4, -0.2) is 23.0 Å². The molecule has 1 aliphatic rings. The van der Waals surface area contributed by atoms with Crippen LogP contribution in [0.2, 0.25) is 10.0 Å². The van der Waals surface area contributed by atoms with E-state index >= 15 is 8.78 Å². The maximum Gasteiger partial charge on any atom is 0.248 e. The topological polar surface area (TPSA) is 97.8 Å². The van der Waals surface area contributed by atoms with Gasteiger partial charge >= 0.3 is 0 Å². The Morgan fingerprint density at radius 3 is 2.50 bits per heavy atom. The number of pyridine rings is 1. The summed E-state index contributed by atoms with van der Waals surface area (Å²) in [5.41, 5.74) is -2.15. The normalized spacial score (nSPS) is 23.2. The highest BCUT2D eigenvalue weighted by atomic mass is 35.5. The first kappa shape index (κ1) is 27.8. The Morgan fingerprint density at radius 2 is 1.89 bits per heavy atom. The van der Waals surface area contributed by atoms with E-state index in [1.54, 1.807) is 0 Å². The smallest absolute Gasteiger partial charge is 0.248 e. The molecule has 1 aromatic heterocycles. The summed E-state index contributed by atoms with van der Waals surface area (Å²) in [6.07, 6.45) is 1.68. The second-order valence-corrected chi connectivity index (χ2v) is 11.5. The second-order valence-electron chi connectivity index (χ2n) is 10.6. The van der Waals surface area contributed by atoms with Crippen LogP contribution in [0, 0.1) is 28.4 Å². The fraction of sp³-hybridized carbons (Fsp3) is 0.321. The molecule has 10 heteroatoms. The first-order valence-corrected chi connectivity index (χ1v) is 12.7. The Kier molecular flexibility index (Phi) is 7.67. The first-order valence-electron chi connectivity index (χ1n) is 11.9. The molecule has 0 bridgehead atoms. The summed E-state index contributed by atoms with van der Waals surface area (Å²) < 4.78 is 31.2. The van der Waals surface area contributed by atoms with Crippen molar-refractivity contribution in [3.05, 3.63) is 97.9 Å². The second kappa shape index (κ2) is 10.5. The summed E-state index contributed by atoms with van der Waals surface area (Å²) in [6, 6.07) is 11.3. The quantitative estimate of drug-likeness (QED) is 0.362. The first-order chi connectivity index (χ1) is 17.9. The highest BCUT2D eigenvalue weighted by molar-refractivity contribution is 6.31. The lowest BCUT2D eigenvalue weighted by Crippen LogP contribution is -2.45. The van der Waals surface area contributed by atoms with Gasteiger partial charge in [-0.1, -0.05) is 62.2 Å². The number of aromatic nitrogens is 1. The van der Waals surface area contributed by atoms with Gasteiger partial charge in [0, 0.05) is 34.8 Å². The Bertz CT molecular complexity index is 1460. The molecule has 6 nitrogen and oxygen atoms in total. The predicted molar refractivity (Wildman–Crippen MR) is 143 cm³/mol. The van der Waals surface area contributed by atoms with Crippen molar-refractivity contribution in [3.63, 3.8) is 0 Å². The van der Waals surface area contributed by atoms with Crippen molar-refractivity contribution in [2.75, 3.05) is 5.32 Å². The molecule has 0 spiro atoms. The van der Waals surface area contributed by atoms with Crippen molar-refractivity contribution in [1.82, 2.24) is 10.3 Å². The van der Waals surface area contributed by atoms with Gasteiger partial charge in [-0.05, 0) is 41.7 Å². The number of amides is 1. The van der Waals surface area contributed by atoms with Gasteiger partial charge in [-0.15, -0.1) is 0 Å². The lowest BCUT2D eigenvalue weighted by Gasteiger charge is -2.37. The maximum absolute atomic E-state index is 15.6. The Hall–Kier alpha value is -3.25. The van der Waals surface area contributed by atoms with Crippen molar-refractivity contribution < 1.29 is 13.6 Å². The van der Waals surface area contributed by atoms with E-state index in [9.17, 15) is 14.9 Å². The number of benzene rings is 2. The Balaban J connectivity index is 1.97. The van der Waals surface area contributed by atoms with Crippen molar-refractivity contribution >= 4 is 34.8 Å². The number of hydrogen-bond donors (Lipinski definition) is 3. The van der Waals surface area contributed by atoms with Crippen molar-refractivity contribution in [2.24, 2.45) is 5.41 Å². The molecule has 3 N–H and O–H groups in total. The molecular formula is C28H26Cl2F2N4O2. The molecule has 4 atom stereocenters. The van der Waals surface area contributed by atoms with Crippen LogP contribution in [0.25, 0.3) is 0 Å². The summed E-state index contributed by atoms with van der Waals surface area (Å²) in [5.74, 6) is -3.31. The summed E-state index contributed by atoms with van der Waals surface area (Å²) in [4.78, 5) is 27.7. The lowest BCUT2D eigenvalue weighted by atomic mass is 9.62. The fourth-order valence-electron chi connectivity index (χ4n) is 5.27. The number of aromatic amines is 1. The van der Waals surface area contributed by atoms with E-state index in [0.717, 1.165) is 6.07 Å². The summed E-state index contributed by atoms with van der Waals surface area (Å²) in [6.45, 7) is 5.87. The Morgan fingerprint density at radius 1 is 1.16 bits per heavy atom. The monoisotopic (exact) mass is 558 g/mol. The number of H-pyrrole nitrogens is 1. The molecule has 1 saturated heterocycles. The Labute approximate surface area is 229 Å². The van der Waals surface area contributed by atoms with E-state index in [-0.39, 0.29) is 32.1 Å². The third-order valence-electron chi connectivity index (χ3n) is 6.78. The van der Waals surface area contributed by atoms with Gasteiger partial charge in [0.05, 0.1) is 22.8 Å². The highest BCUT2D eigenvalue weighted by Gasteiger charge is 2.61. The molecule has 1 aliphatic heterocycles. The molecule has 1 amide bonds. The van der Waals surface area contributed by atoms with Gasteiger partial charge < -0.3 is 15.6 Å². The minimum absolute atomic E-state index is 0.000993. The minimum Gasteiger partial charge on any atom is -0.327 e. The molecule has 0 radical (unpaired) electrons. The van der Waals surface area contributed by atoms with Crippen LogP contribution in [0.1, 0.15) is 44.2 Å². The minimum atomic E-state index is -1.72. The average Bonchev–Trinajstić information content (AvgIpc) is 3.15. The van der Waals surface area contributed by atoms with Gasteiger partial charge in [-0.25, -0.2) is 8.78 Å². The third kappa shape index (κ3) is 5.19. The zero-order valence-corrected chi connectivity index (χ0v) is 22.4. The molecule has 3 aromatic rings. The number of carbonyl (C=O) groups is 1. The van der Waals surface area contributed by atoms with Crippen LogP contribution in [0.15, 0.2) is 59.5 Å². The van der Waals surface area contributed by atoms with Gasteiger partial charge in [0.2, 0.25) is 11.5 Å². The van der Waals surface area contributed by atoms with Gasteiger partial charge in [-0.2, -0.15) is 5.26 Å². The SMILES string of the molecule is CC(C)(C)C[C@@H]1N[C@@H](C(=O)Nc2ccc(=O)[nH]c2)[C@H](c2cccc(Cl)c2F)[C@@]1(C#N)c1ccc(Cl)cc1F. The number of halogens is 4. The largest absolute Gasteiger partial charge is 0.327 e. The number of anilines is 1. The molecule has 1 fully saturated rings. The van der Waals surface area contributed by atoms with Crippen LogP contribution >= 0.6 is 23.2 Å². The summed E-state index contributed by atoms with van der Waals surface area (Å²) in [7, 11) is 0. The van der Waals surface area contributed by atoms with Crippen LogP contribution in [0.5, 0.6) is 0 Å². The molecular weight excluding hydrogens is 533 g/mol. The van der Waals surface area contributed by atoms with Gasteiger partial charge in [-0.3, -0.25) is 9.59 Å². The third-order valence-corrected chi connectivity index (χ3v) is 7.31. The summed E-state index contributed by atoms with van der Waals surface area (Å²) in [5, 5.41) is 16.7. The van der Waals surface area contributed by atoms with Crippen LogP contribution < -0.4 is 16.2 Å². The molecule has 38 heavy (non-hydrogen) atoms. The molecule has 0 unspecified atom stereocenters. The van der Waals surface area contributed by atoms with Crippen molar-refractivity contribution in [2.45, 2.75) is 50.6 Å². The molecule has 198 valence electrons. The summed E-state index contributed by atoms with van der Waals surface area (Å²) >= 11 is 12.2. The molecule has 0 saturated carbocycles. The van der Waals surface area contributed by atoms with E-state index in [4.69, 9.17) is 23.2 Å². The van der Waals surface area contributed by atoms with E-state index in [2.05, 4.69) is 21.7 Å². The van der Waals surface area contributed by atoms with Crippen LogP contribution in [0.4, 0.5) is 14.5 Å². The number of nitriles is 1. The fourth-order valence-corrected chi connectivity index (χ4v) is 5.61. The van der Waals surface area contributed by atoms with Gasteiger partial charge in [0.25, 0.3) is 0 Å². The zero-order chi connectivity index (χ0) is 27.8. The van der Waals surface area contributed by atoms with Gasteiger partial charge in [0.1, 0.15) is 17.0 Å². The zero-order valence-electron chi connectivity index (χ0n) is 20.9. The van der Waals surface area contributed by atoms with Crippen LogP contribution in [-0.2, 0) is 10.2 Å². The van der Waals surface area contributed by atoms with E-state index < -0.39 is 41.0 Å². The molecule has 4 rings (SSSR count). The predicted octanol–water partition coefficient (Wildman–Crippen LogP) is 5.92. The van der Waals surface area contributed by atoms with Crippen molar-refractivity contribution in [3.8, 4) is 6.07 Å². The number of carbonyl (C=O) groups excluding carboxylic acids is 1. The van der Waals surface area contributed by atoms with Crippen LogP contribution in [0.3, 0.4) is 0 Å². The standard InChI is InChI=1S/C28H26Cl2F2N4O2/c1-27(2,3)12-21-28(14-33,18-9-7-15(29)11-20(18)31)23(17-5-4-6-19(30)24(17)32)25(36-21)26(38)35-16-8-10-22(37)34-13-16/h4-11,13,21,23,25,36H,12H2,1-3H3,(H,34,37)(H,35,38)/t21-,23-,25+,28-/m0/s1. The number of nitrogens with zero attached hydrogens (tertiary/aromatic N) is 1. The van der Waals surface area contributed by atoms with Gasteiger partial charge in [0.15, 0.2) is 0 Å². The molecule has 2 heterocycles. The van der Waals surface area contributed by atoms with E-state index in [1.807, 2.05) is 20.8 Å². The number of hydrogen-bond acceptors (Lipinski definition) is 4. The molecule has 0 aliphatic carbocycles. The highest BCUT2D eigenvalue weighted by Crippen LogP contribution is 2.52. The number of rotatable bonds is 5. The van der Waals surface area contributed by atoms with E-state index in [1.165, 1.54) is 48.7 Å². The maximum atomic E-state index is 15.6.